The largest absolute Gasteiger partial charge is 0.448 e. The fourth-order valence-electron chi connectivity index (χ4n) is 4.24. The number of hydrogen-bond donors (Lipinski definition) is 2. The summed E-state index contributed by atoms with van der Waals surface area (Å²) in [5.41, 5.74) is 5.81. The van der Waals surface area contributed by atoms with E-state index in [0.29, 0.717) is 24.2 Å². The number of hydrazone groups is 1. The van der Waals surface area contributed by atoms with E-state index in [2.05, 4.69) is 27.8 Å². The summed E-state index contributed by atoms with van der Waals surface area (Å²) in [7, 11) is 1.90. The molecule has 2 amide bonds. The number of nitrogens with one attached hydrogen (secondary N) is 2. The number of carbonyl (C=O) groups is 3. The van der Waals surface area contributed by atoms with Crippen LogP contribution in [0.2, 0.25) is 0 Å². The smallest absolute Gasteiger partial charge is 0.427 e. The Morgan fingerprint density at radius 2 is 1.84 bits per heavy atom. The number of hydrogen-bond acceptors (Lipinski definition) is 9. The molecule has 0 saturated carbocycles. The minimum Gasteiger partial charge on any atom is -0.448 e. The van der Waals surface area contributed by atoms with Crippen LogP contribution in [-0.4, -0.2) is 45.3 Å². The summed E-state index contributed by atoms with van der Waals surface area (Å²) < 4.78 is 7.04. The summed E-state index contributed by atoms with van der Waals surface area (Å²) in [4.78, 5) is 51.3. The van der Waals surface area contributed by atoms with Crippen molar-refractivity contribution >= 4 is 46.7 Å². The summed E-state index contributed by atoms with van der Waals surface area (Å²) in [6.07, 6.45) is 6.74. The molecule has 44 heavy (non-hydrogen) atoms. The number of benzene rings is 2. The second kappa shape index (κ2) is 15.8. The minimum absolute atomic E-state index is 0.107. The van der Waals surface area contributed by atoms with E-state index in [1.807, 2.05) is 41.9 Å². The van der Waals surface area contributed by atoms with Crippen LogP contribution in [0.3, 0.4) is 0 Å². The fraction of sp³-hybridized carbons (Fsp3) is 0.312. The predicted molar refractivity (Wildman–Crippen MR) is 168 cm³/mol. The van der Waals surface area contributed by atoms with Gasteiger partial charge in [0.25, 0.3) is 5.91 Å². The third kappa shape index (κ3) is 8.63. The van der Waals surface area contributed by atoms with Crippen LogP contribution in [0.1, 0.15) is 67.7 Å². The van der Waals surface area contributed by atoms with Crippen molar-refractivity contribution in [1.82, 2.24) is 20.0 Å². The molecule has 0 bridgehead atoms. The number of aromatic nitrogens is 3. The van der Waals surface area contributed by atoms with E-state index in [1.165, 1.54) is 6.20 Å². The topological polar surface area (TPSA) is 140 Å². The number of carbonyl (C=O) groups excluding carboxylic acids is 3. The van der Waals surface area contributed by atoms with Crippen molar-refractivity contribution < 1.29 is 24.0 Å². The molecular weight excluding hydrogens is 562 g/mol. The van der Waals surface area contributed by atoms with E-state index >= 15 is 0 Å². The monoisotopic (exact) mass is 599 g/mol. The Hall–Kier alpha value is -5.26. The Kier molecular flexibility index (Phi) is 11.4. The molecule has 0 aliphatic carbocycles. The van der Waals surface area contributed by atoms with Crippen molar-refractivity contribution in [3.8, 4) is 0 Å². The SMILES string of the molecule is CCCCCCOC(=O)NN=Cc1ccc(NCc2nc3cc(C(=O)N(OC(=O)CC)c4ccccn4)ccc3n2C)cc1. The Balaban J connectivity index is 1.36. The number of aryl methyl sites for hydroxylation is 1. The first kappa shape index (κ1) is 31.7. The molecule has 2 aromatic heterocycles. The molecule has 12 heteroatoms. The quantitative estimate of drug-likeness (QED) is 0.113. The molecule has 0 spiro atoms. The number of rotatable bonds is 13. The van der Waals surface area contributed by atoms with Crippen LogP contribution in [0.5, 0.6) is 0 Å². The number of anilines is 2. The van der Waals surface area contributed by atoms with E-state index < -0.39 is 18.0 Å². The standard InChI is InChI=1S/C32H37N7O5/c1-4-6-7-10-19-43-32(42)37-35-21-23-12-15-25(16-13-23)34-22-29-36-26-20-24(14-17-27(26)38(29)3)31(41)39(44-30(40)5-2)28-11-8-9-18-33-28/h8-9,11-18,20-21,34H,4-7,10,19,22H2,1-3H3,(H,37,42). The molecule has 0 aliphatic rings. The average Bonchev–Trinajstić information content (AvgIpc) is 3.37. The number of fused-ring (bicyclic) bond motifs is 1. The fourth-order valence-corrected chi connectivity index (χ4v) is 4.24. The minimum atomic E-state index is -0.569. The van der Waals surface area contributed by atoms with Crippen molar-refractivity contribution in [2.24, 2.45) is 12.1 Å². The van der Waals surface area contributed by atoms with E-state index in [4.69, 9.17) is 14.6 Å². The molecule has 2 N–H and O–H groups in total. The van der Waals surface area contributed by atoms with Gasteiger partial charge in [-0.05, 0) is 54.4 Å². The molecule has 4 aromatic rings. The van der Waals surface area contributed by atoms with Crippen LogP contribution < -0.4 is 15.8 Å². The highest BCUT2D eigenvalue weighted by Gasteiger charge is 2.24. The van der Waals surface area contributed by atoms with Gasteiger partial charge in [-0.2, -0.15) is 5.10 Å². The molecule has 0 aliphatic heterocycles. The summed E-state index contributed by atoms with van der Waals surface area (Å²) >= 11 is 0. The molecule has 0 unspecified atom stereocenters. The number of imidazole rings is 1. The van der Waals surface area contributed by atoms with Crippen LogP contribution in [0, 0.1) is 0 Å². The van der Waals surface area contributed by atoms with Gasteiger partial charge in [0.15, 0.2) is 5.82 Å². The van der Waals surface area contributed by atoms with Crippen molar-refractivity contribution in [1.29, 1.82) is 0 Å². The van der Waals surface area contributed by atoms with E-state index in [9.17, 15) is 14.4 Å². The maximum absolute atomic E-state index is 13.4. The van der Waals surface area contributed by atoms with Crippen molar-refractivity contribution in [3.05, 3.63) is 83.8 Å². The first-order valence-electron chi connectivity index (χ1n) is 14.6. The van der Waals surface area contributed by atoms with Crippen molar-refractivity contribution in [2.45, 2.75) is 52.5 Å². The zero-order valence-corrected chi connectivity index (χ0v) is 25.2. The molecule has 0 radical (unpaired) electrons. The normalized spacial score (nSPS) is 11.0. The van der Waals surface area contributed by atoms with Crippen molar-refractivity contribution in [3.63, 3.8) is 0 Å². The summed E-state index contributed by atoms with van der Waals surface area (Å²) in [6, 6.07) is 17.7. The highest BCUT2D eigenvalue weighted by Crippen LogP contribution is 2.21. The van der Waals surface area contributed by atoms with E-state index in [-0.39, 0.29) is 12.2 Å². The lowest BCUT2D eigenvalue weighted by atomic mass is 10.2. The Bertz CT molecular complexity index is 1590. The zero-order chi connectivity index (χ0) is 31.3. The molecule has 2 aromatic carbocycles. The molecule has 4 rings (SSSR count). The molecule has 0 atom stereocenters. The average molecular weight is 600 g/mol. The third-order valence-corrected chi connectivity index (χ3v) is 6.71. The maximum atomic E-state index is 13.4. The summed E-state index contributed by atoms with van der Waals surface area (Å²) in [5, 5.41) is 8.20. The number of amides is 2. The number of ether oxygens (including phenoxy) is 1. The first-order valence-corrected chi connectivity index (χ1v) is 14.6. The second-order valence-corrected chi connectivity index (χ2v) is 9.94. The van der Waals surface area contributed by atoms with Gasteiger partial charge in [-0.25, -0.2) is 25.0 Å². The molecule has 0 fully saturated rings. The highest BCUT2D eigenvalue weighted by molar-refractivity contribution is 6.06. The lowest BCUT2D eigenvalue weighted by molar-refractivity contribution is -0.143. The molecular formula is C32H37N7O5. The Morgan fingerprint density at radius 1 is 1.02 bits per heavy atom. The van der Waals surface area contributed by atoms with Gasteiger partial charge in [0.2, 0.25) is 0 Å². The lowest BCUT2D eigenvalue weighted by Crippen LogP contribution is -2.34. The van der Waals surface area contributed by atoms with Crippen LogP contribution >= 0.6 is 0 Å². The van der Waals surface area contributed by atoms with E-state index in [0.717, 1.165) is 53.3 Å². The van der Waals surface area contributed by atoms with Crippen LogP contribution in [-0.2, 0) is 28.0 Å². The molecule has 12 nitrogen and oxygen atoms in total. The van der Waals surface area contributed by atoms with Gasteiger partial charge in [0.1, 0.15) is 5.82 Å². The van der Waals surface area contributed by atoms with Crippen LogP contribution in [0.25, 0.3) is 11.0 Å². The van der Waals surface area contributed by atoms with Gasteiger partial charge < -0.3 is 19.5 Å². The van der Waals surface area contributed by atoms with Gasteiger partial charge in [-0.3, -0.25) is 4.79 Å². The van der Waals surface area contributed by atoms with Gasteiger partial charge in [0, 0.05) is 30.9 Å². The van der Waals surface area contributed by atoms with Gasteiger partial charge >= 0.3 is 12.1 Å². The predicted octanol–water partition coefficient (Wildman–Crippen LogP) is 5.74. The third-order valence-electron chi connectivity index (χ3n) is 6.71. The van der Waals surface area contributed by atoms with E-state index in [1.54, 1.807) is 43.5 Å². The second-order valence-electron chi connectivity index (χ2n) is 9.94. The molecule has 230 valence electrons. The van der Waals surface area contributed by atoms with Crippen LogP contribution in [0.4, 0.5) is 16.3 Å². The lowest BCUT2D eigenvalue weighted by Gasteiger charge is -2.19. The van der Waals surface area contributed by atoms with Gasteiger partial charge in [0.05, 0.1) is 30.4 Å². The number of unbranched alkanes of at least 4 members (excludes halogenated alkanes) is 3. The van der Waals surface area contributed by atoms with Gasteiger partial charge in [-0.15, -0.1) is 5.06 Å². The maximum Gasteiger partial charge on any atom is 0.427 e. The van der Waals surface area contributed by atoms with Gasteiger partial charge in [-0.1, -0.05) is 51.3 Å². The molecule has 0 saturated heterocycles. The molecule has 2 heterocycles. The number of hydroxylamine groups is 1. The first-order chi connectivity index (χ1) is 21.4. The Labute approximate surface area is 256 Å². The van der Waals surface area contributed by atoms with Crippen molar-refractivity contribution in [2.75, 3.05) is 17.0 Å². The number of nitrogens with zero attached hydrogens (tertiary/aromatic N) is 5. The highest BCUT2D eigenvalue weighted by atomic mass is 16.7. The number of pyridine rings is 1. The zero-order valence-electron chi connectivity index (χ0n) is 25.2. The summed E-state index contributed by atoms with van der Waals surface area (Å²) in [5.74, 6) is -0.126. The Morgan fingerprint density at radius 3 is 2.57 bits per heavy atom. The summed E-state index contributed by atoms with van der Waals surface area (Å²) in [6.45, 7) is 4.59. The van der Waals surface area contributed by atoms with Crippen LogP contribution in [0.15, 0.2) is 72.0 Å².